The van der Waals surface area contributed by atoms with Crippen LogP contribution in [0.5, 0.6) is 0 Å². The normalized spacial score (nSPS) is 12.5. The number of carbonyl (C=O) groups excluding carboxylic acids is 1. The lowest BCUT2D eigenvalue weighted by Gasteiger charge is -2.14. The Morgan fingerprint density at radius 2 is 1.90 bits per heavy atom. The van der Waals surface area contributed by atoms with Gasteiger partial charge in [-0.1, -0.05) is 0 Å². The third-order valence-corrected chi connectivity index (χ3v) is 4.90. The molecule has 154 valence electrons. The lowest BCUT2D eigenvalue weighted by molar-refractivity contribution is 0.0940. The summed E-state index contributed by atoms with van der Waals surface area (Å²) in [5.41, 5.74) is 3.37. The first-order valence-corrected chi connectivity index (χ1v) is 9.22. The molecule has 1 amide bonds. The van der Waals surface area contributed by atoms with Crippen LogP contribution in [-0.4, -0.2) is 25.7 Å². The number of hydrogen-bond donors (Lipinski definition) is 2. The van der Waals surface area contributed by atoms with E-state index >= 15 is 0 Å². The maximum absolute atomic E-state index is 13.2. The van der Waals surface area contributed by atoms with Crippen LogP contribution in [0, 0.1) is 12.7 Å². The quantitative estimate of drug-likeness (QED) is 0.501. The van der Waals surface area contributed by atoms with Crippen molar-refractivity contribution in [1.82, 2.24) is 25.1 Å². The number of aromatic nitrogens is 4. The van der Waals surface area contributed by atoms with Gasteiger partial charge >= 0.3 is 0 Å². The van der Waals surface area contributed by atoms with E-state index in [9.17, 15) is 18.0 Å². The Morgan fingerprint density at radius 1 is 1.17 bits per heavy atom. The fourth-order valence-electron chi connectivity index (χ4n) is 3.32. The summed E-state index contributed by atoms with van der Waals surface area (Å²) >= 11 is 0. The second kappa shape index (κ2) is 7.66. The van der Waals surface area contributed by atoms with E-state index in [1.165, 1.54) is 30.3 Å². The summed E-state index contributed by atoms with van der Waals surface area (Å²) in [6, 6.07) is 10.1. The Kier molecular flexibility index (Phi) is 5.03. The Morgan fingerprint density at radius 3 is 2.60 bits per heavy atom. The van der Waals surface area contributed by atoms with Crippen molar-refractivity contribution in [2.75, 3.05) is 0 Å². The number of amides is 1. The van der Waals surface area contributed by atoms with E-state index in [1.807, 2.05) is 13.8 Å². The van der Waals surface area contributed by atoms with Gasteiger partial charge in [0.15, 0.2) is 5.82 Å². The number of carbonyl (C=O) groups is 1. The van der Waals surface area contributed by atoms with Gasteiger partial charge in [-0.2, -0.15) is 5.10 Å². The minimum atomic E-state index is -2.71. The van der Waals surface area contributed by atoms with E-state index in [0.717, 1.165) is 11.3 Å². The summed E-state index contributed by atoms with van der Waals surface area (Å²) in [5, 5.41) is 7.22. The molecule has 1 atom stereocenters. The number of fused-ring (bicyclic) bond motifs is 1. The number of nitrogens with one attached hydrogen (secondary N) is 2. The number of aromatic amines is 1. The largest absolute Gasteiger partial charge is 0.345 e. The molecule has 9 heteroatoms. The SMILES string of the molecule is Cc1c(C(C)NC(=O)c2ccc3nc(C(F)F)[nH]c3c2)cnn1-c1ccc(F)cc1. The Hall–Kier alpha value is -3.62. The second-order valence-corrected chi connectivity index (χ2v) is 6.92. The number of nitrogens with zero attached hydrogens (tertiary/aromatic N) is 3. The van der Waals surface area contributed by atoms with Gasteiger partial charge in [-0.15, -0.1) is 0 Å². The van der Waals surface area contributed by atoms with Crippen LogP contribution in [0.15, 0.2) is 48.7 Å². The molecular formula is C21H18F3N5O. The summed E-state index contributed by atoms with van der Waals surface area (Å²) in [5.74, 6) is -1.12. The molecule has 30 heavy (non-hydrogen) atoms. The lowest BCUT2D eigenvalue weighted by atomic mass is 10.1. The average molecular weight is 413 g/mol. The molecule has 0 aliphatic carbocycles. The molecule has 0 bridgehead atoms. The molecule has 2 N–H and O–H groups in total. The fraction of sp³-hybridized carbons (Fsp3) is 0.190. The second-order valence-electron chi connectivity index (χ2n) is 6.92. The molecule has 0 fully saturated rings. The monoisotopic (exact) mass is 413 g/mol. The number of hydrogen-bond acceptors (Lipinski definition) is 3. The van der Waals surface area contributed by atoms with Crippen molar-refractivity contribution in [3.05, 3.63) is 77.1 Å². The van der Waals surface area contributed by atoms with Crippen molar-refractivity contribution in [3.8, 4) is 5.69 Å². The highest BCUT2D eigenvalue weighted by Gasteiger charge is 2.18. The minimum absolute atomic E-state index is 0.322. The highest BCUT2D eigenvalue weighted by molar-refractivity contribution is 5.97. The molecule has 2 heterocycles. The van der Waals surface area contributed by atoms with Crippen LogP contribution in [0.25, 0.3) is 16.7 Å². The van der Waals surface area contributed by atoms with Gasteiger partial charge in [-0.3, -0.25) is 4.79 Å². The Labute approximate surface area is 169 Å². The third kappa shape index (κ3) is 3.66. The number of H-pyrrole nitrogens is 1. The molecule has 4 rings (SSSR count). The van der Waals surface area contributed by atoms with Crippen molar-refractivity contribution in [3.63, 3.8) is 0 Å². The van der Waals surface area contributed by atoms with Gasteiger partial charge in [-0.25, -0.2) is 22.8 Å². The van der Waals surface area contributed by atoms with Gasteiger partial charge in [0.2, 0.25) is 0 Å². The molecule has 0 saturated carbocycles. The standard InChI is InChI=1S/C21H18F3N5O/c1-11(16-10-25-29(12(16)2)15-6-4-14(22)5-7-15)26-21(30)13-3-8-17-18(9-13)28-20(27-17)19(23)24/h3-11,19H,1-2H3,(H,26,30)(H,27,28). The van der Waals surface area contributed by atoms with E-state index < -0.39 is 12.2 Å². The molecule has 4 aromatic rings. The Bertz CT molecular complexity index is 1210. The van der Waals surface area contributed by atoms with Crippen molar-refractivity contribution >= 4 is 16.9 Å². The molecule has 0 aliphatic heterocycles. The molecule has 2 aromatic heterocycles. The summed E-state index contributed by atoms with van der Waals surface area (Å²) in [7, 11) is 0. The van der Waals surface area contributed by atoms with Crippen LogP contribution >= 0.6 is 0 Å². The first-order valence-electron chi connectivity index (χ1n) is 9.22. The predicted molar refractivity (Wildman–Crippen MR) is 105 cm³/mol. The number of imidazole rings is 1. The molecule has 0 spiro atoms. The minimum Gasteiger partial charge on any atom is -0.345 e. The van der Waals surface area contributed by atoms with E-state index in [1.54, 1.807) is 23.0 Å². The zero-order chi connectivity index (χ0) is 21.4. The Balaban J connectivity index is 1.53. The van der Waals surface area contributed by atoms with Crippen molar-refractivity contribution in [2.24, 2.45) is 0 Å². The molecule has 0 radical (unpaired) electrons. The van der Waals surface area contributed by atoms with Gasteiger partial charge in [0.25, 0.3) is 12.3 Å². The number of benzene rings is 2. The van der Waals surface area contributed by atoms with Crippen LogP contribution in [0.1, 0.15) is 46.8 Å². The summed E-state index contributed by atoms with van der Waals surface area (Å²) < 4.78 is 40.4. The lowest BCUT2D eigenvalue weighted by Crippen LogP contribution is -2.26. The predicted octanol–water partition coefficient (Wildman–Crippen LogP) is 4.62. The van der Waals surface area contributed by atoms with Crippen LogP contribution in [0.2, 0.25) is 0 Å². The topological polar surface area (TPSA) is 75.6 Å². The number of halogens is 3. The van der Waals surface area contributed by atoms with Crippen LogP contribution < -0.4 is 5.32 Å². The van der Waals surface area contributed by atoms with Gasteiger partial charge in [-0.05, 0) is 56.3 Å². The summed E-state index contributed by atoms with van der Waals surface area (Å²) in [4.78, 5) is 19.0. The van der Waals surface area contributed by atoms with Gasteiger partial charge < -0.3 is 10.3 Å². The smallest absolute Gasteiger partial charge is 0.295 e. The highest BCUT2D eigenvalue weighted by atomic mass is 19.3. The van der Waals surface area contributed by atoms with E-state index in [0.29, 0.717) is 22.3 Å². The van der Waals surface area contributed by atoms with Crippen molar-refractivity contribution in [2.45, 2.75) is 26.3 Å². The van der Waals surface area contributed by atoms with E-state index in [2.05, 4.69) is 20.4 Å². The maximum atomic E-state index is 13.2. The van der Waals surface area contributed by atoms with E-state index in [4.69, 9.17) is 0 Å². The van der Waals surface area contributed by atoms with Crippen LogP contribution in [-0.2, 0) is 0 Å². The molecule has 6 nitrogen and oxygen atoms in total. The van der Waals surface area contributed by atoms with Gasteiger partial charge in [0.1, 0.15) is 5.82 Å². The zero-order valence-electron chi connectivity index (χ0n) is 16.2. The highest BCUT2D eigenvalue weighted by Crippen LogP contribution is 2.23. The van der Waals surface area contributed by atoms with Crippen molar-refractivity contribution in [1.29, 1.82) is 0 Å². The molecular weight excluding hydrogens is 395 g/mol. The van der Waals surface area contributed by atoms with Crippen LogP contribution in [0.4, 0.5) is 13.2 Å². The average Bonchev–Trinajstić information content (AvgIpc) is 3.31. The first-order chi connectivity index (χ1) is 14.3. The van der Waals surface area contributed by atoms with E-state index in [-0.39, 0.29) is 17.8 Å². The molecule has 1 unspecified atom stereocenters. The van der Waals surface area contributed by atoms with Crippen molar-refractivity contribution < 1.29 is 18.0 Å². The van der Waals surface area contributed by atoms with Gasteiger partial charge in [0.05, 0.1) is 29.0 Å². The summed E-state index contributed by atoms with van der Waals surface area (Å²) in [6.07, 6.45) is -1.06. The maximum Gasteiger partial charge on any atom is 0.295 e. The summed E-state index contributed by atoms with van der Waals surface area (Å²) in [6.45, 7) is 3.68. The first kappa shape index (κ1) is 19.7. The molecule has 2 aromatic carbocycles. The number of rotatable bonds is 5. The molecule has 0 aliphatic rings. The van der Waals surface area contributed by atoms with Gasteiger partial charge in [0, 0.05) is 16.8 Å². The third-order valence-electron chi connectivity index (χ3n) is 4.90. The fourth-order valence-corrected chi connectivity index (χ4v) is 3.32. The molecule has 0 saturated heterocycles. The zero-order valence-corrected chi connectivity index (χ0v) is 16.2. The number of alkyl halides is 2. The van der Waals surface area contributed by atoms with Crippen LogP contribution in [0.3, 0.4) is 0 Å².